The molecule has 1 fully saturated rings. The minimum Gasteiger partial charge on any atom is -0.478 e. The first-order valence-corrected chi connectivity index (χ1v) is 9.44. The maximum absolute atomic E-state index is 11.3. The number of benzene rings is 1. The highest BCUT2D eigenvalue weighted by atomic mass is 16.5. The van der Waals surface area contributed by atoms with E-state index in [0.29, 0.717) is 5.52 Å². The molecule has 3 aromatic rings. The number of carboxylic acids is 1. The second kappa shape index (κ2) is 7.48. The lowest BCUT2D eigenvalue weighted by Crippen LogP contribution is -2.52. The number of hydrogen-bond acceptors (Lipinski definition) is 5. The van der Waals surface area contributed by atoms with Crippen molar-refractivity contribution in [3.8, 4) is 0 Å². The van der Waals surface area contributed by atoms with Gasteiger partial charge in [0.15, 0.2) is 0 Å². The molecule has 1 saturated heterocycles. The van der Waals surface area contributed by atoms with Crippen LogP contribution in [0, 0.1) is 0 Å². The SMILES string of the molecule is CCCCCOC1CN(c2nc3cc(C(=O)O)ccc3c3cnccc23)C1. The lowest BCUT2D eigenvalue weighted by atomic mass is 10.0. The van der Waals surface area contributed by atoms with E-state index in [-0.39, 0.29) is 11.7 Å². The number of aromatic carboxylic acids is 1. The highest BCUT2D eigenvalue weighted by Gasteiger charge is 2.30. The van der Waals surface area contributed by atoms with Crippen molar-refractivity contribution < 1.29 is 14.6 Å². The molecule has 2 aromatic heterocycles. The quantitative estimate of drug-likeness (QED) is 0.506. The summed E-state index contributed by atoms with van der Waals surface area (Å²) < 4.78 is 5.92. The molecule has 6 nitrogen and oxygen atoms in total. The zero-order chi connectivity index (χ0) is 18.8. The van der Waals surface area contributed by atoms with Crippen LogP contribution < -0.4 is 4.90 Å². The molecule has 6 heteroatoms. The van der Waals surface area contributed by atoms with Gasteiger partial charge in [-0.2, -0.15) is 0 Å². The van der Waals surface area contributed by atoms with Crippen molar-refractivity contribution in [2.45, 2.75) is 32.3 Å². The van der Waals surface area contributed by atoms with Gasteiger partial charge in [0.1, 0.15) is 5.82 Å². The Balaban J connectivity index is 1.63. The summed E-state index contributed by atoms with van der Waals surface area (Å²) in [5.41, 5.74) is 0.919. The van der Waals surface area contributed by atoms with Gasteiger partial charge in [-0.15, -0.1) is 0 Å². The molecule has 0 bridgehead atoms. The minimum atomic E-state index is -0.948. The fraction of sp³-hybridized carbons (Fsp3) is 0.381. The summed E-state index contributed by atoms with van der Waals surface area (Å²) in [7, 11) is 0. The molecule has 27 heavy (non-hydrogen) atoms. The van der Waals surface area contributed by atoms with Crippen molar-refractivity contribution in [1.82, 2.24) is 9.97 Å². The number of unbranched alkanes of at least 4 members (excludes halogenated alkanes) is 2. The molecule has 0 atom stereocenters. The van der Waals surface area contributed by atoms with E-state index >= 15 is 0 Å². The van der Waals surface area contributed by atoms with Crippen LogP contribution in [-0.2, 0) is 4.74 Å². The number of carboxylic acid groups (broad SMARTS) is 1. The van der Waals surface area contributed by atoms with Crippen LogP contribution in [0.15, 0.2) is 36.7 Å². The third kappa shape index (κ3) is 3.45. The third-order valence-electron chi connectivity index (χ3n) is 5.07. The van der Waals surface area contributed by atoms with Crippen molar-refractivity contribution in [2.75, 3.05) is 24.6 Å². The second-order valence-electron chi connectivity index (χ2n) is 7.00. The average Bonchev–Trinajstić information content (AvgIpc) is 2.65. The number of rotatable bonds is 7. The zero-order valence-corrected chi connectivity index (χ0v) is 15.4. The van der Waals surface area contributed by atoms with E-state index < -0.39 is 5.97 Å². The van der Waals surface area contributed by atoms with Crippen LogP contribution in [0.2, 0.25) is 0 Å². The Morgan fingerprint density at radius 3 is 2.85 bits per heavy atom. The topological polar surface area (TPSA) is 75.5 Å². The predicted octanol–water partition coefficient (Wildman–Crippen LogP) is 3.88. The Bertz CT molecular complexity index is 983. The van der Waals surface area contributed by atoms with Gasteiger partial charge in [-0.05, 0) is 24.6 Å². The molecule has 1 aliphatic heterocycles. The Labute approximate surface area is 157 Å². The first kappa shape index (κ1) is 17.7. The second-order valence-corrected chi connectivity index (χ2v) is 7.00. The number of pyridine rings is 2. The molecule has 0 radical (unpaired) electrons. The highest BCUT2D eigenvalue weighted by molar-refractivity contribution is 6.11. The van der Waals surface area contributed by atoms with Crippen molar-refractivity contribution in [3.63, 3.8) is 0 Å². The van der Waals surface area contributed by atoms with Gasteiger partial charge in [-0.25, -0.2) is 9.78 Å². The number of hydrogen-bond donors (Lipinski definition) is 1. The monoisotopic (exact) mass is 365 g/mol. The van der Waals surface area contributed by atoms with E-state index in [1.807, 2.05) is 18.3 Å². The highest BCUT2D eigenvalue weighted by Crippen LogP contribution is 2.33. The average molecular weight is 365 g/mol. The summed E-state index contributed by atoms with van der Waals surface area (Å²) in [6.45, 7) is 4.61. The van der Waals surface area contributed by atoms with Gasteiger partial charge >= 0.3 is 5.97 Å². The van der Waals surface area contributed by atoms with Gasteiger partial charge in [0.05, 0.1) is 17.2 Å². The van der Waals surface area contributed by atoms with Gasteiger partial charge < -0.3 is 14.7 Å². The number of fused-ring (bicyclic) bond motifs is 3. The van der Waals surface area contributed by atoms with E-state index in [4.69, 9.17) is 9.72 Å². The largest absolute Gasteiger partial charge is 0.478 e. The van der Waals surface area contributed by atoms with Crippen LogP contribution in [0.25, 0.3) is 21.7 Å². The van der Waals surface area contributed by atoms with Crippen LogP contribution >= 0.6 is 0 Å². The molecule has 1 aromatic carbocycles. The fourth-order valence-electron chi connectivity index (χ4n) is 3.52. The first-order chi connectivity index (χ1) is 13.2. The molecule has 4 rings (SSSR count). The Kier molecular flexibility index (Phi) is 4.90. The molecule has 0 saturated carbocycles. The predicted molar refractivity (Wildman–Crippen MR) is 105 cm³/mol. The molecule has 1 N–H and O–H groups in total. The summed E-state index contributed by atoms with van der Waals surface area (Å²) in [6, 6.07) is 7.03. The van der Waals surface area contributed by atoms with E-state index in [1.54, 1.807) is 18.3 Å². The Morgan fingerprint density at radius 1 is 1.22 bits per heavy atom. The first-order valence-electron chi connectivity index (χ1n) is 9.44. The zero-order valence-electron chi connectivity index (χ0n) is 15.4. The standard InChI is InChI=1S/C21H23N3O3/c1-2-3-4-9-27-15-12-24(13-15)20-17-7-8-22-11-18(17)16-6-5-14(21(25)26)10-19(16)23-20/h5-8,10-11,15H,2-4,9,12-13H2,1H3,(H,25,26). The maximum Gasteiger partial charge on any atom is 0.335 e. The number of anilines is 1. The van der Waals surface area contributed by atoms with Crippen LogP contribution in [0.5, 0.6) is 0 Å². The summed E-state index contributed by atoms with van der Waals surface area (Å²) in [5.74, 6) is -0.0770. The fourth-order valence-corrected chi connectivity index (χ4v) is 3.52. The summed E-state index contributed by atoms with van der Waals surface area (Å²) in [4.78, 5) is 22.6. The van der Waals surface area contributed by atoms with E-state index in [1.165, 1.54) is 12.8 Å². The molecule has 140 valence electrons. The number of carbonyl (C=O) groups is 1. The minimum absolute atomic E-state index is 0.238. The lowest BCUT2D eigenvalue weighted by Gasteiger charge is -2.40. The smallest absolute Gasteiger partial charge is 0.335 e. The van der Waals surface area contributed by atoms with Crippen molar-refractivity contribution in [3.05, 3.63) is 42.2 Å². The van der Waals surface area contributed by atoms with Crippen LogP contribution in [0.3, 0.4) is 0 Å². The van der Waals surface area contributed by atoms with Crippen LogP contribution in [0.4, 0.5) is 5.82 Å². The third-order valence-corrected chi connectivity index (χ3v) is 5.07. The van der Waals surface area contributed by atoms with E-state index in [2.05, 4.69) is 16.8 Å². The van der Waals surface area contributed by atoms with Crippen molar-refractivity contribution in [2.24, 2.45) is 0 Å². The van der Waals surface area contributed by atoms with E-state index in [0.717, 1.165) is 48.1 Å². The molecule has 0 unspecified atom stereocenters. The summed E-state index contributed by atoms with van der Waals surface area (Å²) >= 11 is 0. The van der Waals surface area contributed by atoms with Gasteiger partial charge in [-0.1, -0.05) is 25.8 Å². The number of ether oxygens (including phenoxy) is 1. The van der Waals surface area contributed by atoms with Gasteiger partial charge in [0, 0.05) is 48.2 Å². The Morgan fingerprint density at radius 2 is 2.07 bits per heavy atom. The lowest BCUT2D eigenvalue weighted by molar-refractivity contribution is 0.0320. The molecular weight excluding hydrogens is 342 g/mol. The van der Waals surface area contributed by atoms with Crippen LogP contribution in [0.1, 0.15) is 36.5 Å². The van der Waals surface area contributed by atoms with Gasteiger partial charge in [0.25, 0.3) is 0 Å². The molecule has 0 amide bonds. The van der Waals surface area contributed by atoms with Crippen molar-refractivity contribution in [1.29, 1.82) is 0 Å². The van der Waals surface area contributed by atoms with Crippen LogP contribution in [-0.4, -0.2) is 46.8 Å². The maximum atomic E-state index is 11.3. The number of nitrogens with zero attached hydrogens (tertiary/aromatic N) is 3. The molecule has 0 aliphatic carbocycles. The van der Waals surface area contributed by atoms with E-state index in [9.17, 15) is 9.90 Å². The molecule has 3 heterocycles. The normalized spacial score (nSPS) is 14.6. The van der Waals surface area contributed by atoms with Gasteiger partial charge in [-0.3, -0.25) is 4.98 Å². The van der Waals surface area contributed by atoms with Gasteiger partial charge in [0.2, 0.25) is 0 Å². The summed E-state index contributed by atoms with van der Waals surface area (Å²) in [5, 5.41) is 12.2. The number of aromatic nitrogens is 2. The molecule has 1 aliphatic rings. The molecule has 0 spiro atoms. The summed E-state index contributed by atoms with van der Waals surface area (Å²) in [6.07, 6.45) is 7.33. The van der Waals surface area contributed by atoms with Crippen molar-refractivity contribution >= 4 is 33.5 Å². The Hall–Kier alpha value is -2.73. The molecular formula is C21H23N3O3.